The second kappa shape index (κ2) is 7.08. The number of benzene rings is 1. The van der Waals surface area contributed by atoms with E-state index in [0.717, 1.165) is 13.2 Å². The van der Waals surface area contributed by atoms with Crippen molar-refractivity contribution in [1.29, 1.82) is 0 Å². The van der Waals surface area contributed by atoms with E-state index >= 15 is 0 Å². The van der Waals surface area contributed by atoms with E-state index in [-0.39, 0.29) is 17.3 Å². The molecule has 1 aromatic rings. The summed E-state index contributed by atoms with van der Waals surface area (Å²) in [6.07, 6.45) is -1.02. The molecule has 0 heterocycles. The Morgan fingerprint density at radius 2 is 1.68 bits per heavy atom. The average molecular weight is 352 g/mol. The molecule has 1 N–H and O–H groups in total. The van der Waals surface area contributed by atoms with Crippen molar-refractivity contribution >= 4 is 17.7 Å². The quantitative estimate of drug-likeness (QED) is 0.386. The summed E-state index contributed by atoms with van der Waals surface area (Å²) in [4.78, 5) is 34.8. The summed E-state index contributed by atoms with van der Waals surface area (Å²) < 4.78 is 9.56. The van der Waals surface area contributed by atoms with E-state index in [1.54, 1.807) is 19.9 Å². The Bertz CT molecular complexity index is 704. The molecule has 8 heteroatoms. The van der Waals surface area contributed by atoms with Gasteiger partial charge in [-0.1, -0.05) is 20.8 Å². The first kappa shape index (κ1) is 20.4. The fourth-order valence-corrected chi connectivity index (χ4v) is 2.46. The second-order valence-electron chi connectivity index (χ2n) is 7.13. The highest BCUT2D eigenvalue weighted by Crippen LogP contribution is 2.41. The summed E-state index contributed by atoms with van der Waals surface area (Å²) in [5.74, 6) is -0.406. The third-order valence-corrected chi connectivity index (χ3v) is 3.93. The maximum atomic E-state index is 12.3. The van der Waals surface area contributed by atoms with Crippen LogP contribution in [-0.4, -0.2) is 31.1 Å². The molecule has 0 saturated heterocycles. The minimum atomic E-state index is -1.09. The number of nitro groups is 1. The molecule has 138 valence electrons. The third kappa shape index (κ3) is 4.26. The molecule has 0 fully saturated rings. The molecule has 0 spiro atoms. The van der Waals surface area contributed by atoms with Gasteiger partial charge < -0.3 is 14.8 Å². The van der Waals surface area contributed by atoms with E-state index in [1.807, 2.05) is 20.8 Å². The Labute approximate surface area is 146 Å². The lowest BCUT2D eigenvalue weighted by Gasteiger charge is -2.28. The largest absolute Gasteiger partial charge is 0.513 e. The van der Waals surface area contributed by atoms with Gasteiger partial charge >= 0.3 is 6.16 Å². The van der Waals surface area contributed by atoms with Crippen LogP contribution in [-0.2, 0) is 20.4 Å². The highest BCUT2D eigenvalue weighted by atomic mass is 16.7. The summed E-state index contributed by atoms with van der Waals surface area (Å²) in [6, 6.07) is 2.71. The van der Waals surface area contributed by atoms with E-state index < -0.39 is 21.9 Å². The summed E-state index contributed by atoms with van der Waals surface area (Å²) >= 11 is 0. The Kier molecular flexibility index (Phi) is 5.78. The number of ether oxygens (including phenoxy) is 2. The smallest absolute Gasteiger partial charge is 0.437 e. The topological polar surface area (TPSA) is 108 Å². The van der Waals surface area contributed by atoms with Crippen molar-refractivity contribution in [3.63, 3.8) is 0 Å². The zero-order valence-corrected chi connectivity index (χ0v) is 15.6. The third-order valence-electron chi connectivity index (χ3n) is 3.93. The van der Waals surface area contributed by atoms with Crippen LogP contribution in [0.4, 0.5) is 10.5 Å². The fraction of sp³-hybridized carbons (Fsp3) is 0.529. The maximum Gasteiger partial charge on any atom is 0.513 e. The number of carbonyl (C=O) groups excluding carboxylic acids is 2. The second-order valence-corrected chi connectivity index (χ2v) is 7.13. The van der Waals surface area contributed by atoms with Gasteiger partial charge in [-0.25, -0.2) is 4.79 Å². The molecule has 0 aliphatic carbocycles. The minimum absolute atomic E-state index is 0.0832. The Morgan fingerprint density at radius 1 is 1.12 bits per heavy atom. The molecule has 0 aliphatic heterocycles. The van der Waals surface area contributed by atoms with Gasteiger partial charge in [-0.05, 0) is 25.3 Å². The van der Waals surface area contributed by atoms with Crippen LogP contribution in [0.15, 0.2) is 12.1 Å². The number of carbonyl (C=O) groups is 2. The highest BCUT2D eigenvalue weighted by Gasteiger charge is 2.37. The lowest BCUT2D eigenvalue weighted by atomic mass is 9.78. The van der Waals surface area contributed by atoms with Gasteiger partial charge in [-0.15, -0.1) is 0 Å². The molecular formula is C17H24N2O6. The normalized spacial score (nSPS) is 11.6. The zero-order chi connectivity index (χ0) is 19.6. The van der Waals surface area contributed by atoms with Crippen LogP contribution in [0.5, 0.6) is 5.75 Å². The number of methoxy groups -OCH3 is 1. The molecule has 0 radical (unpaired) electrons. The lowest BCUT2D eigenvalue weighted by Crippen LogP contribution is -2.38. The molecular weight excluding hydrogens is 328 g/mol. The number of nitrogens with zero attached hydrogens (tertiary/aromatic N) is 1. The van der Waals surface area contributed by atoms with Crippen molar-refractivity contribution < 1.29 is 24.0 Å². The predicted molar refractivity (Wildman–Crippen MR) is 91.9 cm³/mol. The lowest BCUT2D eigenvalue weighted by molar-refractivity contribution is -0.386. The highest BCUT2D eigenvalue weighted by molar-refractivity contribution is 5.88. The van der Waals surface area contributed by atoms with Gasteiger partial charge in [-0.3, -0.25) is 14.9 Å². The molecule has 0 atom stereocenters. The SMILES string of the molecule is CNC(=O)C(C)(C)c1cc(C(C)(C)C)c([N+](=O)[O-])cc1OC(=O)OC. The number of hydrogen-bond acceptors (Lipinski definition) is 6. The summed E-state index contributed by atoms with van der Waals surface area (Å²) in [6.45, 7) is 8.76. The van der Waals surface area contributed by atoms with E-state index in [0.29, 0.717) is 11.1 Å². The molecule has 0 aromatic heterocycles. The molecule has 1 amide bonds. The van der Waals surface area contributed by atoms with Crippen molar-refractivity contribution in [2.75, 3.05) is 14.2 Å². The molecule has 0 unspecified atom stereocenters. The van der Waals surface area contributed by atoms with Crippen molar-refractivity contribution in [2.45, 2.75) is 45.4 Å². The van der Waals surface area contributed by atoms with Crippen LogP contribution in [0.2, 0.25) is 0 Å². The van der Waals surface area contributed by atoms with Gasteiger partial charge in [0.05, 0.1) is 23.5 Å². The molecule has 0 bridgehead atoms. The number of hydrogen-bond donors (Lipinski definition) is 1. The molecule has 25 heavy (non-hydrogen) atoms. The molecule has 8 nitrogen and oxygen atoms in total. The minimum Gasteiger partial charge on any atom is -0.437 e. The number of rotatable bonds is 4. The zero-order valence-electron chi connectivity index (χ0n) is 15.6. The number of amides is 1. The first-order valence-electron chi connectivity index (χ1n) is 7.67. The van der Waals surface area contributed by atoms with Crippen LogP contribution in [0, 0.1) is 10.1 Å². The van der Waals surface area contributed by atoms with E-state index in [2.05, 4.69) is 10.1 Å². The first-order valence-corrected chi connectivity index (χ1v) is 7.67. The standard InChI is InChI=1S/C17H24N2O6/c1-16(2,3)10-8-11(17(4,5)14(20)18-6)13(25-15(21)24-7)9-12(10)19(22)23/h8-9H,1-7H3,(H,18,20). The molecule has 1 rings (SSSR count). The Hall–Kier alpha value is -2.64. The van der Waals surface area contributed by atoms with Crippen molar-refractivity contribution in [2.24, 2.45) is 0 Å². The van der Waals surface area contributed by atoms with Gasteiger partial charge in [0.25, 0.3) is 5.69 Å². The molecule has 1 aromatic carbocycles. The Morgan fingerprint density at radius 3 is 2.08 bits per heavy atom. The summed E-state index contributed by atoms with van der Waals surface area (Å²) in [5, 5.41) is 14.0. The van der Waals surface area contributed by atoms with Crippen LogP contribution in [0.25, 0.3) is 0 Å². The van der Waals surface area contributed by atoms with E-state index in [4.69, 9.17) is 4.74 Å². The van der Waals surface area contributed by atoms with Gasteiger partial charge in [0.15, 0.2) is 0 Å². The maximum absolute atomic E-state index is 12.3. The van der Waals surface area contributed by atoms with Gasteiger partial charge in [-0.2, -0.15) is 0 Å². The molecule has 0 aliphatic rings. The van der Waals surface area contributed by atoms with Crippen molar-refractivity contribution in [1.82, 2.24) is 5.32 Å². The average Bonchev–Trinajstić information content (AvgIpc) is 2.51. The van der Waals surface area contributed by atoms with E-state index in [9.17, 15) is 19.7 Å². The van der Waals surface area contributed by atoms with Crippen LogP contribution in [0.3, 0.4) is 0 Å². The number of nitrogens with one attached hydrogen (secondary N) is 1. The molecule has 0 saturated carbocycles. The van der Waals surface area contributed by atoms with Crippen LogP contribution < -0.4 is 10.1 Å². The van der Waals surface area contributed by atoms with Gasteiger partial charge in [0.2, 0.25) is 5.91 Å². The summed E-state index contributed by atoms with van der Waals surface area (Å²) in [5.41, 5.74) is -1.05. The van der Waals surface area contributed by atoms with Gasteiger partial charge in [0, 0.05) is 18.2 Å². The van der Waals surface area contributed by atoms with E-state index in [1.165, 1.54) is 7.05 Å². The fourth-order valence-electron chi connectivity index (χ4n) is 2.46. The van der Waals surface area contributed by atoms with Crippen LogP contribution in [0.1, 0.15) is 45.7 Å². The van der Waals surface area contributed by atoms with Crippen LogP contribution >= 0.6 is 0 Å². The van der Waals surface area contributed by atoms with Crippen molar-refractivity contribution in [3.05, 3.63) is 33.4 Å². The number of likely N-dealkylation sites (N-methyl/N-ethyl adjacent to an activating group) is 1. The first-order chi connectivity index (χ1) is 11.4. The summed E-state index contributed by atoms with van der Waals surface area (Å²) in [7, 11) is 2.62. The number of nitro benzene ring substituents is 1. The van der Waals surface area contributed by atoms with Crippen molar-refractivity contribution in [3.8, 4) is 5.75 Å². The van der Waals surface area contributed by atoms with Gasteiger partial charge in [0.1, 0.15) is 5.75 Å². The monoisotopic (exact) mass is 352 g/mol. The Balaban J connectivity index is 3.79. The predicted octanol–water partition coefficient (Wildman–Crippen LogP) is 3.06.